The highest BCUT2D eigenvalue weighted by Gasteiger charge is 2.39. The summed E-state index contributed by atoms with van der Waals surface area (Å²) in [5, 5.41) is 10.9. The SMILES string of the molecule is COc1ccc(Cc2cc3c(c(Cl)c2C)CN([C@H]2CCC[C@@H]2O)C3=O)cc1. The van der Waals surface area contributed by atoms with Crippen molar-refractivity contribution in [3.63, 3.8) is 0 Å². The molecule has 2 aromatic rings. The van der Waals surface area contributed by atoms with Crippen LogP contribution in [-0.4, -0.2) is 35.2 Å². The van der Waals surface area contributed by atoms with Crippen LogP contribution in [0, 0.1) is 6.92 Å². The lowest BCUT2D eigenvalue weighted by Gasteiger charge is -2.26. The van der Waals surface area contributed by atoms with Gasteiger partial charge in [0.2, 0.25) is 0 Å². The van der Waals surface area contributed by atoms with Crippen LogP contribution in [0.3, 0.4) is 0 Å². The van der Waals surface area contributed by atoms with E-state index in [2.05, 4.69) is 0 Å². The normalized spacial score (nSPS) is 21.6. The minimum atomic E-state index is -0.429. The van der Waals surface area contributed by atoms with Crippen molar-refractivity contribution in [2.45, 2.75) is 51.3 Å². The second-order valence-corrected chi connectivity index (χ2v) is 7.90. The Morgan fingerprint density at radius 2 is 2.00 bits per heavy atom. The van der Waals surface area contributed by atoms with Crippen molar-refractivity contribution in [1.29, 1.82) is 0 Å². The first-order chi connectivity index (χ1) is 13.0. The number of nitrogens with zero attached hydrogens (tertiary/aromatic N) is 1. The van der Waals surface area contributed by atoms with Gasteiger partial charge in [-0.25, -0.2) is 0 Å². The number of hydrogen-bond acceptors (Lipinski definition) is 3. The number of carbonyl (C=O) groups is 1. The van der Waals surface area contributed by atoms with Crippen LogP contribution in [0.15, 0.2) is 30.3 Å². The minimum Gasteiger partial charge on any atom is -0.497 e. The van der Waals surface area contributed by atoms with E-state index in [9.17, 15) is 9.90 Å². The third-order valence-electron chi connectivity index (χ3n) is 5.94. The third kappa shape index (κ3) is 3.21. The van der Waals surface area contributed by atoms with Crippen LogP contribution in [0.5, 0.6) is 5.75 Å². The number of aliphatic hydroxyl groups excluding tert-OH is 1. The smallest absolute Gasteiger partial charge is 0.254 e. The Labute approximate surface area is 164 Å². The molecule has 2 atom stereocenters. The Morgan fingerprint density at radius 1 is 1.26 bits per heavy atom. The highest BCUT2D eigenvalue weighted by atomic mass is 35.5. The zero-order chi connectivity index (χ0) is 19.1. The first-order valence-electron chi connectivity index (χ1n) is 9.42. The van der Waals surface area contributed by atoms with Crippen LogP contribution >= 0.6 is 11.6 Å². The van der Waals surface area contributed by atoms with Crippen LogP contribution in [0.2, 0.25) is 5.02 Å². The predicted molar refractivity (Wildman–Crippen MR) is 106 cm³/mol. The second kappa shape index (κ2) is 7.17. The number of rotatable bonds is 4. The molecule has 5 heteroatoms. The van der Waals surface area contributed by atoms with Crippen LogP contribution in [0.4, 0.5) is 0 Å². The quantitative estimate of drug-likeness (QED) is 0.861. The number of carbonyl (C=O) groups excluding carboxylic acids is 1. The first-order valence-corrected chi connectivity index (χ1v) is 9.80. The van der Waals surface area contributed by atoms with Crippen molar-refractivity contribution in [1.82, 2.24) is 4.90 Å². The van der Waals surface area contributed by atoms with Crippen molar-refractivity contribution in [2.24, 2.45) is 0 Å². The van der Waals surface area contributed by atoms with Crippen molar-refractivity contribution in [3.05, 3.63) is 63.2 Å². The van der Waals surface area contributed by atoms with Gasteiger partial charge in [-0.15, -0.1) is 0 Å². The molecule has 0 spiro atoms. The number of fused-ring (bicyclic) bond motifs is 1. The molecule has 1 heterocycles. The predicted octanol–water partition coefficient (Wildman–Crippen LogP) is 4.12. The molecule has 1 fully saturated rings. The lowest BCUT2D eigenvalue weighted by atomic mass is 9.95. The average Bonchev–Trinajstić information content (AvgIpc) is 3.23. The average molecular weight is 386 g/mol. The molecule has 1 aliphatic heterocycles. The summed E-state index contributed by atoms with van der Waals surface area (Å²) >= 11 is 6.67. The largest absolute Gasteiger partial charge is 0.497 e. The fraction of sp³-hybridized carbons (Fsp3) is 0.409. The van der Waals surface area contributed by atoms with Crippen LogP contribution in [0.25, 0.3) is 0 Å². The lowest BCUT2D eigenvalue weighted by molar-refractivity contribution is 0.0479. The summed E-state index contributed by atoms with van der Waals surface area (Å²) in [6.45, 7) is 2.51. The summed E-state index contributed by atoms with van der Waals surface area (Å²) in [7, 11) is 1.65. The topological polar surface area (TPSA) is 49.8 Å². The van der Waals surface area contributed by atoms with Gasteiger partial charge in [-0.1, -0.05) is 23.7 Å². The van der Waals surface area contributed by atoms with E-state index in [-0.39, 0.29) is 11.9 Å². The van der Waals surface area contributed by atoms with Gasteiger partial charge in [0.1, 0.15) is 5.75 Å². The summed E-state index contributed by atoms with van der Waals surface area (Å²) in [6, 6.07) is 9.84. The summed E-state index contributed by atoms with van der Waals surface area (Å²) in [5.74, 6) is 0.817. The number of aliphatic hydroxyl groups is 1. The van der Waals surface area contributed by atoms with Crippen molar-refractivity contribution in [2.75, 3.05) is 7.11 Å². The standard InChI is InChI=1S/C22H24ClNO3/c1-13-15(10-14-6-8-16(27-2)9-7-14)11-17-18(21(13)23)12-24(22(17)26)19-4-3-5-20(19)25/h6-9,11,19-20,25H,3-5,10,12H2,1-2H3/t19-,20-/m0/s1. The Hall–Kier alpha value is -2.04. The Kier molecular flexibility index (Phi) is 4.87. The van der Waals surface area contributed by atoms with Gasteiger partial charge in [-0.05, 0) is 67.5 Å². The van der Waals surface area contributed by atoms with Gasteiger partial charge in [0.05, 0.1) is 19.3 Å². The molecule has 142 valence electrons. The number of ether oxygens (including phenoxy) is 1. The fourth-order valence-corrected chi connectivity index (χ4v) is 4.58. The fourth-order valence-electron chi connectivity index (χ4n) is 4.30. The molecule has 0 unspecified atom stereocenters. The molecule has 4 nitrogen and oxygen atoms in total. The van der Waals surface area contributed by atoms with E-state index in [0.717, 1.165) is 47.3 Å². The molecule has 4 rings (SSSR count). The van der Waals surface area contributed by atoms with Gasteiger partial charge >= 0.3 is 0 Å². The Morgan fingerprint density at radius 3 is 2.63 bits per heavy atom. The zero-order valence-corrected chi connectivity index (χ0v) is 16.4. The van der Waals surface area contributed by atoms with Gasteiger partial charge in [0.15, 0.2) is 0 Å². The van der Waals surface area contributed by atoms with E-state index in [1.165, 1.54) is 0 Å². The molecule has 1 aliphatic carbocycles. The maximum Gasteiger partial charge on any atom is 0.254 e. The van der Waals surface area contributed by atoms with Gasteiger partial charge in [-0.2, -0.15) is 0 Å². The number of benzene rings is 2. The number of amides is 1. The summed E-state index contributed by atoms with van der Waals surface area (Å²) in [4.78, 5) is 14.8. The molecule has 0 bridgehead atoms. The molecule has 27 heavy (non-hydrogen) atoms. The molecule has 2 aromatic carbocycles. The van der Waals surface area contributed by atoms with E-state index in [1.54, 1.807) is 7.11 Å². The third-order valence-corrected chi connectivity index (χ3v) is 6.45. The van der Waals surface area contributed by atoms with Crippen molar-refractivity contribution in [3.8, 4) is 5.75 Å². The molecule has 1 amide bonds. The van der Waals surface area contributed by atoms with E-state index in [0.29, 0.717) is 23.6 Å². The number of hydrogen-bond donors (Lipinski definition) is 1. The highest BCUT2D eigenvalue weighted by molar-refractivity contribution is 6.33. The van der Waals surface area contributed by atoms with E-state index in [1.807, 2.05) is 42.2 Å². The van der Waals surface area contributed by atoms with Crippen molar-refractivity contribution >= 4 is 17.5 Å². The molecule has 0 aromatic heterocycles. The van der Waals surface area contributed by atoms with Crippen LogP contribution in [0.1, 0.15) is 51.9 Å². The maximum atomic E-state index is 13.0. The van der Waals surface area contributed by atoms with Gasteiger partial charge < -0.3 is 14.7 Å². The van der Waals surface area contributed by atoms with Gasteiger partial charge in [-0.3, -0.25) is 4.79 Å². The van der Waals surface area contributed by atoms with E-state index < -0.39 is 6.10 Å². The lowest BCUT2D eigenvalue weighted by Crippen LogP contribution is -2.40. The van der Waals surface area contributed by atoms with Crippen LogP contribution < -0.4 is 4.74 Å². The summed E-state index contributed by atoms with van der Waals surface area (Å²) in [5.41, 5.74) is 4.81. The molecular formula is C22H24ClNO3. The zero-order valence-electron chi connectivity index (χ0n) is 15.7. The summed E-state index contributed by atoms with van der Waals surface area (Å²) in [6.07, 6.45) is 2.86. The molecule has 2 aliphatic rings. The highest BCUT2D eigenvalue weighted by Crippen LogP contribution is 2.38. The monoisotopic (exact) mass is 385 g/mol. The minimum absolute atomic E-state index is 0.00571. The molecule has 0 radical (unpaired) electrons. The Balaban J connectivity index is 1.64. The van der Waals surface area contributed by atoms with Crippen LogP contribution in [-0.2, 0) is 13.0 Å². The molecule has 0 saturated heterocycles. The van der Waals surface area contributed by atoms with Gasteiger partial charge in [0.25, 0.3) is 5.91 Å². The molecule has 1 N–H and O–H groups in total. The second-order valence-electron chi connectivity index (χ2n) is 7.52. The number of methoxy groups -OCH3 is 1. The van der Waals surface area contributed by atoms with Crippen molar-refractivity contribution < 1.29 is 14.6 Å². The first kappa shape index (κ1) is 18.3. The molecule has 1 saturated carbocycles. The Bertz CT molecular complexity index is 878. The maximum absolute atomic E-state index is 13.0. The summed E-state index contributed by atoms with van der Waals surface area (Å²) < 4.78 is 5.21. The van der Waals surface area contributed by atoms with E-state index in [4.69, 9.17) is 16.3 Å². The van der Waals surface area contributed by atoms with E-state index >= 15 is 0 Å². The van der Waals surface area contributed by atoms with Gasteiger partial charge in [0, 0.05) is 22.7 Å². The number of halogens is 1. The molecular weight excluding hydrogens is 362 g/mol.